The largest absolute Gasteiger partial charge is 0.497 e. The minimum Gasteiger partial charge on any atom is -0.497 e. The Hall–Kier alpha value is -3.36. The van der Waals surface area contributed by atoms with Crippen LogP contribution in [-0.4, -0.2) is 27.5 Å². The zero-order valence-electron chi connectivity index (χ0n) is 18.8. The van der Waals surface area contributed by atoms with E-state index in [0.29, 0.717) is 29.4 Å². The van der Waals surface area contributed by atoms with E-state index >= 15 is 0 Å². The van der Waals surface area contributed by atoms with Crippen molar-refractivity contribution in [1.29, 1.82) is 0 Å². The minimum absolute atomic E-state index is 0.0534. The fourth-order valence-corrected chi connectivity index (χ4v) is 4.39. The van der Waals surface area contributed by atoms with E-state index in [-0.39, 0.29) is 10.8 Å². The first-order valence-electron chi connectivity index (χ1n) is 10.6. The van der Waals surface area contributed by atoms with Gasteiger partial charge in [0.25, 0.3) is 0 Å². The van der Waals surface area contributed by atoms with Gasteiger partial charge in [-0.15, -0.1) is 0 Å². The first-order chi connectivity index (χ1) is 15.8. The summed E-state index contributed by atoms with van der Waals surface area (Å²) < 4.78 is 39.4. The van der Waals surface area contributed by atoms with Crippen LogP contribution in [0.2, 0.25) is 0 Å². The summed E-state index contributed by atoms with van der Waals surface area (Å²) in [5.41, 5.74) is 0.448. The van der Waals surface area contributed by atoms with E-state index in [1.54, 1.807) is 36.4 Å². The normalized spacial score (nSPS) is 12.2. The summed E-state index contributed by atoms with van der Waals surface area (Å²) in [6.07, 6.45) is 0.322. The molecule has 0 aliphatic rings. The summed E-state index contributed by atoms with van der Waals surface area (Å²) in [5.74, 6) is 1.23. The molecule has 174 valence electrons. The Bertz CT molecular complexity index is 1160. The summed E-state index contributed by atoms with van der Waals surface area (Å²) >= 11 is 0. The number of amides is 1. The SMILES string of the molecule is COc1ccc(S(=O)(=O)N[C@@H](CC(C)C)C(=O)Nc2ccccc2Oc2ccccc2)cc1. The summed E-state index contributed by atoms with van der Waals surface area (Å²) in [5, 5.41) is 2.82. The number of nitrogens with one attached hydrogen (secondary N) is 2. The smallest absolute Gasteiger partial charge is 0.242 e. The lowest BCUT2D eigenvalue weighted by molar-refractivity contribution is -0.118. The van der Waals surface area contributed by atoms with Gasteiger partial charge in [0.1, 0.15) is 17.5 Å². The van der Waals surface area contributed by atoms with Gasteiger partial charge in [-0.2, -0.15) is 4.72 Å². The van der Waals surface area contributed by atoms with Crippen molar-refractivity contribution < 1.29 is 22.7 Å². The number of ether oxygens (including phenoxy) is 2. The minimum atomic E-state index is -3.92. The number of hydrogen-bond donors (Lipinski definition) is 2. The van der Waals surface area contributed by atoms with Crippen LogP contribution in [0.5, 0.6) is 17.2 Å². The summed E-state index contributed by atoms with van der Waals surface area (Å²) in [6, 6.07) is 21.2. The van der Waals surface area contributed by atoms with Crippen molar-refractivity contribution in [2.24, 2.45) is 5.92 Å². The number of para-hydroxylation sites is 3. The first kappa shape index (κ1) is 24.3. The molecule has 0 aliphatic heterocycles. The molecule has 33 heavy (non-hydrogen) atoms. The lowest BCUT2D eigenvalue weighted by Gasteiger charge is -2.21. The molecule has 8 heteroatoms. The van der Waals surface area contributed by atoms with Gasteiger partial charge < -0.3 is 14.8 Å². The van der Waals surface area contributed by atoms with E-state index < -0.39 is 22.0 Å². The quantitative estimate of drug-likeness (QED) is 0.445. The van der Waals surface area contributed by atoms with Crippen LogP contribution >= 0.6 is 0 Å². The van der Waals surface area contributed by atoms with Gasteiger partial charge in [-0.1, -0.05) is 44.2 Å². The molecular weight excluding hydrogens is 440 g/mol. The van der Waals surface area contributed by atoms with Gasteiger partial charge >= 0.3 is 0 Å². The van der Waals surface area contributed by atoms with Gasteiger partial charge in [-0.05, 0) is 60.9 Å². The molecule has 0 saturated carbocycles. The number of carbonyl (C=O) groups is 1. The second kappa shape index (κ2) is 11.0. The highest BCUT2D eigenvalue weighted by atomic mass is 32.2. The van der Waals surface area contributed by atoms with Crippen molar-refractivity contribution in [3.63, 3.8) is 0 Å². The van der Waals surface area contributed by atoms with Crippen LogP contribution in [0.25, 0.3) is 0 Å². The van der Waals surface area contributed by atoms with Crippen molar-refractivity contribution in [2.45, 2.75) is 31.2 Å². The number of hydrogen-bond acceptors (Lipinski definition) is 5. The lowest BCUT2D eigenvalue weighted by atomic mass is 10.0. The first-order valence-corrected chi connectivity index (χ1v) is 12.1. The van der Waals surface area contributed by atoms with Crippen LogP contribution in [0.15, 0.2) is 83.8 Å². The van der Waals surface area contributed by atoms with E-state index in [9.17, 15) is 13.2 Å². The molecule has 0 bridgehead atoms. The second-order valence-electron chi connectivity index (χ2n) is 7.88. The highest BCUT2D eigenvalue weighted by molar-refractivity contribution is 7.89. The molecule has 2 N–H and O–H groups in total. The zero-order chi connectivity index (χ0) is 23.8. The molecule has 0 aliphatic carbocycles. The molecule has 3 rings (SSSR count). The number of anilines is 1. The van der Waals surface area contributed by atoms with Crippen LogP contribution in [-0.2, 0) is 14.8 Å². The fraction of sp³-hybridized carbons (Fsp3) is 0.240. The van der Waals surface area contributed by atoms with Crippen molar-refractivity contribution in [2.75, 3.05) is 12.4 Å². The molecule has 1 amide bonds. The topological polar surface area (TPSA) is 93.7 Å². The van der Waals surface area contributed by atoms with E-state index in [4.69, 9.17) is 9.47 Å². The molecule has 3 aromatic carbocycles. The molecule has 0 fully saturated rings. The maximum Gasteiger partial charge on any atom is 0.242 e. The Balaban J connectivity index is 1.80. The van der Waals surface area contributed by atoms with Gasteiger partial charge in [0.05, 0.1) is 17.7 Å². The maximum absolute atomic E-state index is 13.1. The molecule has 3 aromatic rings. The van der Waals surface area contributed by atoms with E-state index in [1.165, 1.54) is 19.2 Å². The maximum atomic E-state index is 13.1. The van der Waals surface area contributed by atoms with Gasteiger partial charge in [-0.3, -0.25) is 4.79 Å². The number of methoxy groups -OCH3 is 1. The molecule has 0 radical (unpaired) electrons. The Kier molecular flexibility index (Phi) is 8.08. The monoisotopic (exact) mass is 468 g/mol. The molecule has 0 aromatic heterocycles. The van der Waals surface area contributed by atoms with Crippen molar-refractivity contribution in [1.82, 2.24) is 4.72 Å². The van der Waals surface area contributed by atoms with Gasteiger partial charge in [0.2, 0.25) is 15.9 Å². The predicted octanol–water partition coefficient (Wildman–Crippen LogP) is 4.82. The average molecular weight is 469 g/mol. The van der Waals surface area contributed by atoms with E-state index in [2.05, 4.69) is 10.0 Å². The van der Waals surface area contributed by atoms with Crippen LogP contribution in [0.1, 0.15) is 20.3 Å². The van der Waals surface area contributed by atoms with Crippen molar-refractivity contribution in [3.05, 3.63) is 78.9 Å². The third-order valence-electron chi connectivity index (χ3n) is 4.81. The highest BCUT2D eigenvalue weighted by Crippen LogP contribution is 2.29. The third-order valence-corrected chi connectivity index (χ3v) is 6.29. The summed E-state index contributed by atoms with van der Waals surface area (Å²) in [4.78, 5) is 13.2. The van der Waals surface area contributed by atoms with Crippen molar-refractivity contribution in [3.8, 4) is 17.2 Å². The number of benzene rings is 3. The average Bonchev–Trinajstić information content (AvgIpc) is 2.80. The third kappa shape index (κ3) is 6.81. The number of carbonyl (C=O) groups excluding carboxylic acids is 1. The fourth-order valence-electron chi connectivity index (χ4n) is 3.18. The Morgan fingerprint density at radius 1 is 0.879 bits per heavy atom. The van der Waals surface area contributed by atoms with Gasteiger partial charge in [0.15, 0.2) is 5.75 Å². The zero-order valence-corrected chi connectivity index (χ0v) is 19.6. The molecular formula is C25H28N2O5S. The highest BCUT2D eigenvalue weighted by Gasteiger charge is 2.27. The molecule has 0 heterocycles. The summed E-state index contributed by atoms with van der Waals surface area (Å²) in [7, 11) is -2.42. The molecule has 0 saturated heterocycles. The molecule has 1 atom stereocenters. The van der Waals surface area contributed by atoms with Gasteiger partial charge in [0, 0.05) is 0 Å². The van der Waals surface area contributed by atoms with Crippen LogP contribution in [0.3, 0.4) is 0 Å². The van der Waals surface area contributed by atoms with Crippen LogP contribution in [0.4, 0.5) is 5.69 Å². The number of sulfonamides is 1. The summed E-state index contributed by atoms with van der Waals surface area (Å²) in [6.45, 7) is 3.85. The standard InChI is InChI=1S/C25H28N2O5S/c1-18(2)17-23(27-33(29,30)21-15-13-19(31-3)14-16-21)25(28)26-22-11-7-8-12-24(22)32-20-9-5-4-6-10-20/h4-16,18,23,27H,17H2,1-3H3,(H,26,28)/t23-/m0/s1. The Morgan fingerprint density at radius 3 is 2.15 bits per heavy atom. The predicted molar refractivity (Wildman–Crippen MR) is 128 cm³/mol. The second-order valence-corrected chi connectivity index (χ2v) is 9.59. The molecule has 0 spiro atoms. The van der Waals surface area contributed by atoms with Crippen LogP contribution in [0, 0.1) is 5.92 Å². The van der Waals surface area contributed by atoms with Crippen LogP contribution < -0.4 is 19.5 Å². The van der Waals surface area contributed by atoms with E-state index in [1.807, 2.05) is 44.2 Å². The molecule has 7 nitrogen and oxygen atoms in total. The van der Waals surface area contributed by atoms with E-state index in [0.717, 1.165) is 0 Å². The Labute approximate surface area is 194 Å². The van der Waals surface area contributed by atoms with Gasteiger partial charge in [-0.25, -0.2) is 8.42 Å². The van der Waals surface area contributed by atoms with Crippen molar-refractivity contribution >= 4 is 21.6 Å². The molecule has 0 unspecified atom stereocenters. The number of rotatable bonds is 10. The Morgan fingerprint density at radius 2 is 1.52 bits per heavy atom. The lowest BCUT2D eigenvalue weighted by Crippen LogP contribution is -2.44.